The molecule has 1 atom stereocenters. The van der Waals surface area contributed by atoms with E-state index >= 15 is 0 Å². The maximum Gasteiger partial charge on any atom is 0.331 e. The van der Waals surface area contributed by atoms with E-state index in [0.29, 0.717) is 5.56 Å². The standard InChI is InChI=1S/C19H18O3/c1-14-8-10-16(11-9-14)12-13-18(20)22-15(2)19(21)17-6-4-3-5-7-17/h3-13,15H,1-2H3/b13-12+. The average Bonchev–Trinajstić information content (AvgIpc) is 2.54. The fourth-order valence-corrected chi connectivity index (χ4v) is 1.95. The lowest BCUT2D eigenvalue weighted by Gasteiger charge is -2.10. The van der Waals surface area contributed by atoms with Crippen LogP contribution in [0.1, 0.15) is 28.4 Å². The molecule has 2 rings (SSSR count). The van der Waals surface area contributed by atoms with Crippen molar-refractivity contribution < 1.29 is 14.3 Å². The molecule has 22 heavy (non-hydrogen) atoms. The first-order chi connectivity index (χ1) is 10.6. The van der Waals surface area contributed by atoms with Gasteiger partial charge in [0.15, 0.2) is 6.10 Å². The third-order valence-corrected chi connectivity index (χ3v) is 3.21. The van der Waals surface area contributed by atoms with E-state index < -0.39 is 12.1 Å². The molecule has 0 aliphatic heterocycles. The fraction of sp³-hybridized carbons (Fsp3) is 0.158. The summed E-state index contributed by atoms with van der Waals surface area (Å²) in [6.07, 6.45) is 2.19. The van der Waals surface area contributed by atoms with Crippen LogP contribution in [0.2, 0.25) is 0 Å². The molecule has 0 N–H and O–H groups in total. The van der Waals surface area contributed by atoms with E-state index in [2.05, 4.69) is 0 Å². The van der Waals surface area contributed by atoms with Gasteiger partial charge >= 0.3 is 5.97 Å². The molecular weight excluding hydrogens is 276 g/mol. The van der Waals surface area contributed by atoms with Gasteiger partial charge in [0.2, 0.25) is 5.78 Å². The first kappa shape index (κ1) is 15.7. The Kier molecular flexibility index (Phi) is 5.26. The molecule has 0 radical (unpaired) electrons. The summed E-state index contributed by atoms with van der Waals surface area (Å²) in [6.45, 7) is 3.57. The largest absolute Gasteiger partial charge is 0.451 e. The minimum absolute atomic E-state index is 0.210. The zero-order chi connectivity index (χ0) is 15.9. The van der Waals surface area contributed by atoms with Crippen molar-refractivity contribution in [2.45, 2.75) is 20.0 Å². The third-order valence-electron chi connectivity index (χ3n) is 3.21. The monoisotopic (exact) mass is 294 g/mol. The van der Waals surface area contributed by atoms with Crippen LogP contribution >= 0.6 is 0 Å². The fourth-order valence-electron chi connectivity index (χ4n) is 1.95. The van der Waals surface area contributed by atoms with Crippen LogP contribution in [0.4, 0.5) is 0 Å². The first-order valence-electron chi connectivity index (χ1n) is 7.11. The topological polar surface area (TPSA) is 43.4 Å². The van der Waals surface area contributed by atoms with Gasteiger partial charge in [-0.2, -0.15) is 0 Å². The second kappa shape index (κ2) is 7.36. The molecule has 3 heteroatoms. The van der Waals surface area contributed by atoms with Gasteiger partial charge in [-0.3, -0.25) is 4.79 Å². The van der Waals surface area contributed by atoms with Crippen molar-refractivity contribution in [3.8, 4) is 0 Å². The van der Waals surface area contributed by atoms with Crippen LogP contribution in [0.25, 0.3) is 6.08 Å². The van der Waals surface area contributed by atoms with Gasteiger partial charge in [0.05, 0.1) is 0 Å². The van der Waals surface area contributed by atoms with Crippen LogP contribution < -0.4 is 0 Å². The predicted octanol–water partition coefficient (Wildman–Crippen LogP) is 3.82. The second-order valence-corrected chi connectivity index (χ2v) is 5.05. The van der Waals surface area contributed by atoms with Crippen molar-refractivity contribution >= 4 is 17.8 Å². The van der Waals surface area contributed by atoms with Crippen LogP contribution in [0.5, 0.6) is 0 Å². The summed E-state index contributed by atoms with van der Waals surface area (Å²) in [5.41, 5.74) is 2.59. The highest BCUT2D eigenvalue weighted by molar-refractivity contribution is 6.00. The normalized spacial score (nSPS) is 12.1. The highest BCUT2D eigenvalue weighted by atomic mass is 16.5. The number of benzene rings is 2. The lowest BCUT2D eigenvalue weighted by atomic mass is 10.1. The zero-order valence-corrected chi connectivity index (χ0v) is 12.7. The number of hydrogen-bond donors (Lipinski definition) is 0. The van der Waals surface area contributed by atoms with Gasteiger partial charge in [-0.15, -0.1) is 0 Å². The number of esters is 1. The van der Waals surface area contributed by atoms with Crippen LogP contribution in [0.3, 0.4) is 0 Å². The lowest BCUT2D eigenvalue weighted by molar-refractivity contribution is -0.140. The number of ketones is 1. The molecule has 1 unspecified atom stereocenters. The van der Waals surface area contributed by atoms with E-state index in [1.54, 1.807) is 37.3 Å². The Morgan fingerprint density at radius 2 is 1.64 bits per heavy atom. The molecule has 0 spiro atoms. The summed E-state index contributed by atoms with van der Waals surface area (Å²) in [7, 11) is 0. The summed E-state index contributed by atoms with van der Waals surface area (Å²) in [6, 6.07) is 16.5. The Labute approximate surface area is 130 Å². The summed E-state index contributed by atoms with van der Waals surface area (Å²) >= 11 is 0. The van der Waals surface area contributed by atoms with E-state index in [4.69, 9.17) is 4.74 Å². The van der Waals surface area contributed by atoms with Crippen LogP contribution in [-0.4, -0.2) is 17.9 Å². The summed E-state index contributed by atoms with van der Waals surface area (Å²) in [5, 5.41) is 0. The van der Waals surface area contributed by atoms with E-state index in [1.807, 2.05) is 37.3 Å². The van der Waals surface area contributed by atoms with Crippen molar-refractivity contribution in [1.29, 1.82) is 0 Å². The first-order valence-corrected chi connectivity index (χ1v) is 7.11. The van der Waals surface area contributed by atoms with Crippen molar-refractivity contribution in [3.63, 3.8) is 0 Å². The van der Waals surface area contributed by atoms with Gasteiger partial charge in [-0.25, -0.2) is 4.79 Å². The molecule has 0 amide bonds. The Bertz CT molecular complexity index is 670. The van der Waals surface area contributed by atoms with Gasteiger partial charge in [0.25, 0.3) is 0 Å². The Hall–Kier alpha value is -2.68. The van der Waals surface area contributed by atoms with Crippen molar-refractivity contribution in [2.24, 2.45) is 0 Å². The molecular formula is C19H18O3. The second-order valence-electron chi connectivity index (χ2n) is 5.05. The minimum Gasteiger partial charge on any atom is -0.451 e. The van der Waals surface area contributed by atoms with E-state index in [-0.39, 0.29) is 5.78 Å². The Morgan fingerprint density at radius 1 is 1.00 bits per heavy atom. The van der Waals surface area contributed by atoms with E-state index in [9.17, 15) is 9.59 Å². The van der Waals surface area contributed by atoms with Gasteiger partial charge in [-0.05, 0) is 25.5 Å². The minimum atomic E-state index is -0.808. The maximum atomic E-state index is 12.1. The number of carbonyl (C=O) groups is 2. The number of hydrogen-bond acceptors (Lipinski definition) is 3. The van der Waals surface area contributed by atoms with Gasteiger partial charge in [0.1, 0.15) is 0 Å². The van der Waals surface area contributed by atoms with Crippen LogP contribution in [0.15, 0.2) is 60.7 Å². The van der Waals surface area contributed by atoms with E-state index in [1.165, 1.54) is 6.08 Å². The van der Waals surface area contributed by atoms with E-state index in [0.717, 1.165) is 11.1 Å². The molecule has 0 bridgehead atoms. The summed E-state index contributed by atoms with van der Waals surface area (Å²) in [5.74, 6) is -0.741. The quantitative estimate of drug-likeness (QED) is 0.478. The smallest absolute Gasteiger partial charge is 0.331 e. The SMILES string of the molecule is Cc1ccc(/C=C/C(=O)OC(C)C(=O)c2ccccc2)cc1. The highest BCUT2D eigenvalue weighted by Crippen LogP contribution is 2.08. The number of Topliss-reactive ketones (excluding diaryl/α,β-unsaturated/α-hetero) is 1. The van der Waals surface area contributed by atoms with Crippen LogP contribution in [-0.2, 0) is 9.53 Å². The Balaban J connectivity index is 1.94. The van der Waals surface area contributed by atoms with Crippen molar-refractivity contribution in [1.82, 2.24) is 0 Å². The molecule has 0 aromatic heterocycles. The van der Waals surface area contributed by atoms with Crippen LogP contribution in [0, 0.1) is 6.92 Å². The average molecular weight is 294 g/mol. The molecule has 112 valence electrons. The number of rotatable bonds is 5. The number of ether oxygens (including phenoxy) is 1. The molecule has 0 saturated heterocycles. The number of aryl methyl sites for hydroxylation is 1. The van der Waals surface area contributed by atoms with Crippen molar-refractivity contribution in [2.75, 3.05) is 0 Å². The predicted molar refractivity (Wildman–Crippen MR) is 86.5 cm³/mol. The summed E-state index contributed by atoms with van der Waals surface area (Å²) in [4.78, 5) is 23.9. The maximum absolute atomic E-state index is 12.1. The van der Waals surface area contributed by atoms with Gasteiger partial charge < -0.3 is 4.74 Å². The highest BCUT2D eigenvalue weighted by Gasteiger charge is 2.17. The molecule has 3 nitrogen and oxygen atoms in total. The molecule has 0 saturated carbocycles. The molecule has 0 aliphatic rings. The lowest BCUT2D eigenvalue weighted by Crippen LogP contribution is -2.23. The number of carbonyl (C=O) groups excluding carboxylic acids is 2. The third kappa shape index (κ3) is 4.42. The molecule has 2 aromatic carbocycles. The molecule has 0 fully saturated rings. The zero-order valence-electron chi connectivity index (χ0n) is 12.7. The van der Waals surface area contributed by atoms with Gasteiger partial charge in [-0.1, -0.05) is 60.2 Å². The molecule has 2 aromatic rings. The molecule has 0 heterocycles. The summed E-state index contributed by atoms with van der Waals surface area (Å²) < 4.78 is 5.14. The Morgan fingerprint density at radius 3 is 2.27 bits per heavy atom. The van der Waals surface area contributed by atoms with Gasteiger partial charge in [0, 0.05) is 11.6 Å². The molecule has 0 aliphatic carbocycles. The van der Waals surface area contributed by atoms with Crippen molar-refractivity contribution in [3.05, 3.63) is 77.4 Å².